The van der Waals surface area contributed by atoms with Crippen LogP contribution in [0.1, 0.15) is 21.6 Å². The van der Waals surface area contributed by atoms with Crippen LogP contribution in [0.15, 0.2) is 42.2 Å². The van der Waals surface area contributed by atoms with Crippen LogP contribution in [0.4, 0.5) is 0 Å². The van der Waals surface area contributed by atoms with Gasteiger partial charge in [-0.1, -0.05) is 0 Å². The fourth-order valence-electron chi connectivity index (χ4n) is 2.95. The highest BCUT2D eigenvalue weighted by molar-refractivity contribution is 6.15. The lowest BCUT2D eigenvalue weighted by atomic mass is 10.1. The average Bonchev–Trinajstić information content (AvgIpc) is 3.04. The lowest BCUT2D eigenvalue weighted by molar-refractivity contribution is 0.101. The van der Waals surface area contributed by atoms with Gasteiger partial charge in [0.1, 0.15) is 17.2 Å². The lowest BCUT2D eigenvalue weighted by Gasteiger charge is -2.01. The van der Waals surface area contributed by atoms with Gasteiger partial charge >= 0.3 is 0 Å². The molecule has 0 atom stereocenters. The number of hydrogen-bond acceptors (Lipinski definition) is 4. The highest BCUT2D eigenvalue weighted by atomic mass is 16.5. The van der Waals surface area contributed by atoms with E-state index in [2.05, 4.69) is 4.98 Å². The number of hydrogen-bond donors (Lipinski definition) is 2. The molecule has 1 aromatic heterocycles. The number of rotatable bonds is 2. The SMILES string of the molecule is COc1ccc2[nH]c(C)c(/C=C3\Oc4cc(O)ccc4C3=O)c2c1. The number of H-pyrrole nitrogens is 1. The smallest absolute Gasteiger partial charge is 0.231 e. The molecule has 0 bridgehead atoms. The second kappa shape index (κ2) is 5.16. The van der Waals surface area contributed by atoms with Crippen molar-refractivity contribution in [3.05, 3.63) is 59.0 Å². The zero-order valence-corrected chi connectivity index (χ0v) is 13.2. The van der Waals surface area contributed by atoms with E-state index in [9.17, 15) is 9.90 Å². The van der Waals surface area contributed by atoms with Crippen LogP contribution in [0.2, 0.25) is 0 Å². The Kier molecular flexibility index (Phi) is 3.09. The van der Waals surface area contributed by atoms with Crippen molar-refractivity contribution in [1.29, 1.82) is 0 Å². The van der Waals surface area contributed by atoms with Gasteiger partial charge in [0.05, 0.1) is 12.7 Å². The number of aryl methyl sites for hydroxylation is 1. The molecule has 0 aliphatic carbocycles. The van der Waals surface area contributed by atoms with E-state index in [0.29, 0.717) is 11.3 Å². The molecule has 2 N–H and O–H groups in total. The van der Waals surface area contributed by atoms with E-state index < -0.39 is 0 Å². The number of methoxy groups -OCH3 is 1. The Labute approximate surface area is 138 Å². The molecule has 5 nitrogen and oxygen atoms in total. The molecule has 1 aliphatic rings. The van der Waals surface area contributed by atoms with Crippen LogP contribution in [-0.4, -0.2) is 23.0 Å². The summed E-state index contributed by atoms with van der Waals surface area (Å²) in [6.07, 6.45) is 1.73. The van der Waals surface area contributed by atoms with E-state index in [1.165, 1.54) is 12.1 Å². The minimum absolute atomic E-state index is 0.0656. The summed E-state index contributed by atoms with van der Waals surface area (Å²) in [4.78, 5) is 15.8. The van der Waals surface area contributed by atoms with E-state index in [0.717, 1.165) is 27.9 Å². The summed E-state index contributed by atoms with van der Waals surface area (Å²) in [5.41, 5.74) is 3.22. The molecule has 5 heteroatoms. The maximum Gasteiger partial charge on any atom is 0.231 e. The normalized spacial score (nSPS) is 14.9. The molecule has 120 valence electrons. The Morgan fingerprint density at radius 2 is 2.04 bits per heavy atom. The molecule has 3 aromatic rings. The largest absolute Gasteiger partial charge is 0.508 e. The first kappa shape index (κ1) is 14.4. The van der Waals surface area contributed by atoms with Crippen molar-refractivity contribution in [3.63, 3.8) is 0 Å². The molecule has 0 radical (unpaired) electrons. The number of ketones is 1. The van der Waals surface area contributed by atoms with Crippen molar-refractivity contribution in [2.24, 2.45) is 0 Å². The van der Waals surface area contributed by atoms with Crippen LogP contribution in [0.3, 0.4) is 0 Å². The number of ether oxygens (including phenoxy) is 2. The Morgan fingerprint density at radius 1 is 1.21 bits per heavy atom. The third-order valence-corrected chi connectivity index (χ3v) is 4.17. The Bertz CT molecular complexity index is 1010. The maximum absolute atomic E-state index is 12.5. The lowest BCUT2D eigenvalue weighted by Crippen LogP contribution is -1.98. The van der Waals surface area contributed by atoms with Crippen molar-refractivity contribution in [1.82, 2.24) is 4.98 Å². The summed E-state index contributed by atoms with van der Waals surface area (Å²) >= 11 is 0. The Morgan fingerprint density at radius 3 is 2.83 bits per heavy atom. The highest BCUT2D eigenvalue weighted by Crippen LogP contribution is 2.36. The number of aromatic nitrogens is 1. The molecule has 0 saturated carbocycles. The topological polar surface area (TPSA) is 71.6 Å². The zero-order chi connectivity index (χ0) is 16.8. The van der Waals surface area contributed by atoms with Crippen molar-refractivity contribution < 1.29 is 19.4 Å². The van der Waals surface area contributed by atoms with Gasteiger partial charge in [0, 0.05) is 28.2 Å². The van der Waals surface area contributed by atoms with Gasteiger partial charge in [-0.15, -0.1) is 0 Å². The molecule has 0 fully saturated rings. The first-order valence-corrected chi connectivity index (χ1v) is 7.50. The third-order valence-electron chi connectivity index (χ3n) is 4.17. The predicted molar refractivity (Wildman–Crippen MR) is 90.6 cm³/mol. The van der Waals surface area contributed by atoms with E-state index in [1.807, 2.05) is 25.1 Å². The Balaban J connectivity index is 1.83. The fraction of sp³-hybridized carbons (Fsp3) is 0.105. The van der Waals surface area contributed by atoms with E-state index in [-0.39, 0.29) is 17.3 Å². The van der Waals surface area contributed by atoms with Gasteiger partial charge in [0.25, 0.3) is 0 Å². The molecule has 0 spiro atoms. The number of phenolic OH excluding ortho intramolecular Hbond substituents is 1. The van der Waals surface area contributed by atoms with Gasteiger partial charge in [-0.3, -0.25) is 4.79 Å². The monoisotopic (exact) mass is 321 g/mol. The fourth-order valence-corrected chi connectivity index (χ4v) is 2.95. The minimum atomic E-state index is -0.193. The van der Waals surface area contributed by atoms with Crippen LogP contribution >= 0.6 is 0 Å². The number of allylic oxidation sites excluding steroid dienone is 1. The number of nitrogens with one attached hydrogen (secondary N) is 1. The van der Waals surface area contributed by atoms with Gasteiger partial charge in [0.15, 0.2) is 5.76 Å². The summed E-state index contributed by atoms with van der Waals surface area (Å²) in [7, 11) is 1.62. The number of Topliss-reactive ketones (excluding diaryl/α,β-unsaturated/α-hetero) is 1. The van der Waals surface area contributed by atoms with Crippen molar-refractivity contribution >= 4 is 22.8 Å². The molecule has 1 aliphatic heterocycles. The third kappa shape index (κ3) is 2.13. The summed E-state index contributed by atoms with van der Waals surface area (Å²) in [5.74, 6) is 1.23. The quantitative estimate of drug-likeness (QED) is 0.704. The van der Waals surface area contributed by atoms with E-state index in [4.69, 9.17) is 9.47 Å². The highest BCUT2D eigenvalue weighted by Gasteiger charge is 2.28. The molecular weight excluding hydrogens is 306 g/mol. The molecule has 0 unspecified atom stereocenters. The number of aromatic hydroxyl groups is 1. The number of carbonyl (C=O) groups excluding carboxylic acids is 1. The van der Waals surface area contributed by atoms with Gasteiger partial charge in [-0.05, 0) is 43.3 Å². The van der Waals surface area contributed by atoms with E-state index in [1.54, 1.807) is 19.3 Å². The zero-order valence-electron chi connectivity index (χ0n) is 13.2. The standard InChI is InChI=1S/C19H15NO4/c1-10-14(15-8-12(23-2)4-6-16(15)20-10)9-18-19(22)13-5-3-11(21)7-17(13)24-18/h3-9,20-21H,1-2H3/b18-9-. The van der Waals surface area contributed by atoms with E-state index >= 15 is 0 Å². The molecule has 0 amide bonds. The first-order valence-electron chi connectivity index (χ1n) is 7.50. The Hall–Kier alpha value is -3.21. The number of phenols is 1. The number of benzene rings is 2. The minimum Gasteiger partial charge on any atom is -0.508 e. The molecule has 2 heterocycles. The summed E-state index contributed by atoms with van der Waals surface area (Å²) in [6.45, 7) is 1.94. The second-order valence-corrected chi connectivity index (χ2v) is 5.70. The second-order valence-electron chi connectivity index (χ2n) is 5.70. The van der Waals surface area contributed by atoms with Crippen LogP contribution in [-0.2, 0) is 0 Å². The maximum atomic E-state index is 12.5. The molecule has 0 saturated heterocycles. The summed E-state index contributed by atoms with van der Waals surface area (Å²) in [5, 5.41) is 10.5. The first-order chi connectivity index (χ1) is 11.6. The van der Waals surface area contributed by atoms with Crippen molar-refractivity contribution in [2.45, 2.75) is 6.92 Å². The summed E-state index contributed by atoms with van der Waals surface area (Å²) in [6, 6.07) is 10.2. The van der Waals surface area contributed by atoms with Gasteiger partial charge in [-0.25, -0.2) is 0 Å². The molecule has 2 aromatic carbocycles. The van der Waals surface area contributed by atoms with Crippen LogP contribution in [0.5, 0.6) is 17.2 Å². The number of aromatic amines is 1. The van der Waals surface area contributed by atoms with Crippen LogP contribution in [0.25, 0.3) is 17.0 Å². The van der Waals surface area contributed by atoms with Crippen molar-refractivity contribution in [3.8, 4) is 17.2 Å². The number of carbonyl (C=O) groups is 1. The van der Waals surface area contributed by atoms with Crippen molar-refractivity contribution in [2.75, 3.05) is 7.11 Å². The summed E-state index contributed by atoms with van der Waals surface area (Å²) < 4.78 is 10.9. The van der Waals surface area contributed by atoms with Crippen LogP contribution < -0.4 is 9.47 Å². The number of fused-ring (bicyclic) bond motifs is 2. The average molecular weight is 321 g/mol. The van der Waals surface area contributed by atoms with Gasteiger partial charge < -0.3 is 19.6 Å². The molecule has 24 heavy (non-hydrogen) atoms. The van der Waals surface area contributed by atoms with Gasteiger partial charge in [-0.2, -0.15) is 0 Å². The molecular formula is C19H15NO4. The predicted octanol–water partition coefficient (Wildman–Crippen LogP) is 3.81. The molecule has 4 rings (SSSR count). The van der Waals surface area contributed by atoms with Gasteiger partial charge in [0.2, 0.25) is 5.78 Å². The van der Waals surface area contributed by atoms with Crippen LogP contribution in [0, 0.1) is 6.92 Å².